The van der Waals surface area contributed by atoms with Crippen molar-refractivity contribution in [3.63, 3.8) is 0 Å². The minimum absolute atomic E-state index is 0.199. The van der Waals surface area contributed by atoms with E-state index in [0.29, 0.717) is 20.6 Å². The lowest BCUT2D eigenvalue weighted by Gasteiger charge is -2.24. The van der Waals surface area contributed by atoms with Crippen molar-refractivity contribution in [3.05, 3.63) is 96.9 Å². The van der Waals surface area contributed by atoms with Gasteiger partial charge in [0.05, 0.1) is 29.0 Å². The summed E-state index contributed by atoms with van der Waals surface area (Å²) in [6.45, 7) is 1.76. The number of ether oxygens (including phenoxy) is 1. The van der Waals surface area contributed by atoms with E-state index in [1.807, 2.05) is 42.5 Å². The van der Waals surface area contributed by atoms with E-state index in [4.69, 9.17) is 4.74 Å². The van der Waals surface area contributed by atoms with Crippen LogP contribution in [-0.2, 0) is 9.53 Å². The predicted octanol–water partition coefficient (Wildman–Crippen LogP) is 1.80. The number of thiazole rings is 1. The van der Waals surface area contributed by atoms with Gasteiger partial charge in [0.1, 0.15) is 0 Å². The van der Waals surface area contributed by atoms with Crippen LogP contribution in [0.3, 0.4) is 0 Å². The second-order valence-corrected chi connectivity index (χ2v) is 7.28. The van der Waals surface area contributed by atoms with Crippen molar-refractivity contribution in [1.29, 1.82) is 0 Å². The summed E-state index contributed by atoms with van der Waals surface area (Å²) < 4.78 is 7.09. The lowest BCUT2D eigenvalue weighted by Crippen LogP contribution is -2.39. The summed E-state index contributed by atoms with van der Waals surface area (Å²) >= 11 is 1.29. The zero-order chi connectivity index (χ0) is 19.7. The molecule has 1 aliphatic heterocycles. The molecule has 3 heterocycles. The van der Waals surface area contributed by atoms with Crippen molar-refractivity contribution in [2.45, 2.75) is 13.0 Å². The van der Waals surface area contributed by atoms with Crippen molar-refractivity contribution in [3.8, 4) is 0 Å². The normalized spacial score (nSPS) is 16.5. The first kappa shape index (κ1) is 18.1. The SMILES string of the molecule is COC(=O)C1=C(C)N=c2s/c(=C/c3cccnc3)c(=O)n2C1c1ccccc1. The van der Waals surface area contributed by atoms with Crippen molar-refractivity contribution in [1.82, 2.24) is 9.55 Å². The number of hydrogen-bond donors (Lipinski definition) is 0. The highest BCUT2D eigenvalue weighted by molar-refractivity contribution is 7.07. The Morgan fingerprint density at radius 1 is 1.21 bits per heavy atom. The monoisotopic (exact) mass is 391 g/mol. The van der Waals surface area contributed by atoms with Gasteiger partial charge in [0.15, 0.2) is 4.80 Å². The summed E-state index contributed by atoms with van der Waals surface area (Å²) in [6.07, 6.45) is 5.16. The molecule has 0 amide bonds. The van der Waals surface area contributed by atoms with Crippen LogP contribution in [0.15, 0.2) is 75.9 Å². The number of benzene rings is 1. The Labute approximate surface area is 164 Å². The van der Waals surface area contributed by atoms with Crippen LogP contribution in [0.25, 0.3) is 6.08 Å². The molecule has 4 rings (SSSR count). The molecule has 1 atom stereocenters. The number of carbonyl (C=O) groups excluding carboxylic acids is 1. The quantitative estimate of drug-likeness (QED) is 0.638. The van der Waals surface area contributed by atoms with Crippen molar-refractivity contribution >= 4 is 23.4 Å². The van der Waals surface area contributed by atoms with Gasteiger partial charge < -0.3 is 4.74 Å². The maximum absolute atomic E-state index is 13.3. The summed E-state index contributed by atoms with van der Waals surface area (Å²) in [5.41, 5.74) is 2.37. The second kappa shape index (κ2) is 7.36. The van der Waals surface area contributed by atoms with Crippen LogP contribution in [-0.4, -0.2) is 22.6 Å². The van der Waals surface area contributed by atoms with Crippen molar-refractivity contribution in [2.24, 2.45) is 4.99 Å². The van der Waals surface area contributed by atoms with Crippen LogP contribution in [0.1, 0.15) is 24.1 Å². The third kappa shape index (κ3) is 3.10. The summed E-state index contributed by atoms with van der Waals surface area (Å²) in [4.78, 5) is 34.9. The predicted molar refractivity (Wildman–Crippen MR) is 106 cm³/mol. The molecule has 140 valence electrons. The summed E-state index contributed by atoms with van der Waals surface area (Å²) in [5.74, 6) is -0.489. The molecule has 1 aromatic carbocycles. The minimum atomic E-state index is -0.582. The van der Waals surface area contributed by atoms with Crippen molar-refractivity contribution in [2.75, 3.05) is 7.11 Å². The van der Waals surface area contributed by atoms with E-state index in [-0.39, 0.29) is 5.56 Å². The number of pyridine rings is 1. The van der Waals surface area contributed by atoms with E-state index in [1.54, 1.807) is 30.0 Å². The lowest BCUT2D eigenvalue weighted by atomic mass is 9.96. The Morgan fingerprint density at radius 3 is 2.68 bits per heavy atom. The average molecular weight is 391 g/mol. The van der Waals surface area contributed by atoms with Gasteiger partial charge in [-0.2, -0.15) is 0 Å². The Balaban J connectivity index is 1.99. The first-order valence-corrected chi connectivity index (χ1v) is 9.47. The van der Waals surface area contributed by atoms with E-state index in [0.717, 1.165) is 11.1 Å². The zero-order valence-corrected chi connectivity index (χ0v) is 16.1. The molecule has 1 aliphatic rings. The van der Waals surface area contributed by atoms with Crippen LogP contribution < -0.4 is 14.9 Å². The second-order valence-electron chi connectivity index (χ2n) is 6.27. The Bertz CT molecular complexity index is 1240. The summed E-state index contributed by atoms with van der Waals surface area (Å²) in [6, 6.07) is 12.6. The van der Waals surface area contributed by atoms with Gasteiger partial charge in [-0.25, -0.2) is 9.79 Å². The van der Waals surface area contributed by atoms with E-state index >= 15 is 0 Å². The van der Waals surface area contributed by atoms with Crippen LogP contribution in [0.5, 0.6) is 0 Å². The van der Waals surface area contributed by atoms with Crippen LogP contribution >= 0.6 is 11.3 Å². The maximum atomic E-state index is 13.3. The van der Waals surface area contributed by atoms with Crippen LogP contribution in [0, 0.1) is 0 Å². The topological polar surface area (TPSA) is 73.6 Å². The standard InChI is InChI=1S/C21H17N3O3S/c1-13-17(20(26)27-2)18(15-8-4-3-5-9-15)24-19(25)16(28-21(24)23-13)11-14-7-6-10-22-12-14/h3-12,18H,1-2H3/b16-11+. The molecule has 0 radical (unpaired) electrons. The fourth-order valence-corrected chi connectivity index (χ4v) is 4.30. The fraction of sp³-hybridized carbons (Fsp3) is 0.143. The number of fused-ring (bicyclic) bond motifs is 1. The highest BCUT2D eigenvalue weighted by atomic mass is 32.1. The van der Waals surface area contributed by atoms with Gasteiger partial charge in [0.25, 0.3) is 5.56 Å². The molecule has 1 unspecified atom stereocenters. The number of aromatic nitrogens is 2. The highest BCUT2D eigenvalue weighted by Crippen LogP contribution is 2.30. The third-order valence-corrected chi connectivity index (χ3v) is 5.51. The van der Waals surface area contributed by atoms with Gasteiger partial charge in [0, 0.05) is 12.4 Å². The largest absolute Gasteiger partial charge is 0.466 e. The molecule has 0 aliphatic carbocycles. The molecule has 6 nitrogen and oxygen atoms in total. The molecule has 7 heteroatoms. The van der Waals surface area contributed by atoms with E-state index < -0.39 is 12.0 Å². The molecule has 2 aromatic heterocycles. The van der Waals surface area contributed by atoms with Crippen LogP contribution in [0.4, 0.5) is 0 Å². The van der Waals surface area contributed by atoms with Crippen LogP contribution in [0.2, 0.25) is 0 Å². The molecular weight excluding hydrogens is 374 g/mol. The number of carbonyl (C=O) groups is 1. The molecule has 0 spiro atoms. The van der Waals surface area contributed by atoms with E-state index in [2.05, 4.69) is 9.98 Å². The number of rotatable bonds is 3. The fourth-order valence-electron chi connectivity index (χ4n) is 3.26. The van der Waals surface area contributed by atoms with Crippen molar-refractivity contribution < 1.29 is 9.53 Å². The van der Waals surface area contributed by atoms with E-state index in [9.17, 15) is 9.59 Å². The molecule has 0 N–H and O–H groups in total. The number of methoxy groups -OCH3 is 1. The molecule has 0 fully saturated rings. The smallest absolute Gasteiger partial charge is 0.338 e. The number of hydrogen-bond acceptors (Lipinski definition) is 6. The highest BCUT2D eigenvalue weighted by Gasteiger charge is 2.32. The summed E-state index contributed by atoms with van der Waals surface area (Å²) in [7, 11) is 1.33. The summed E-state index contributed by atoms with van der Waals surface area (Å²) in [5, 5.41) is 0. The molecule has 0 bridgehead atoms. The maximum Gasteiger partial charge on any atom is 0.338 e. The molecule has 0 saturated carbocycles. The minimum Gasteiger partial charge on any atom is -0.466 e. The van der Waals surface area contributed by atoms with Gasteiger partial charge in [-0.3, -0.25) is 14.3 Å². The molecule has 3 aromatic rings. The van der Waals surface area contributed by atoms with Gasteiger partial charge in [-0.05, 0) is 30.2 Å². The molecule has 28 heavy (non-hydrogen) atoms. The molecular formula is C21H17N3O3S. The zero-order valence-electron chi connectivity index (χ0n) is 15.3. The first-order chi connectivity index (χ1) is 13.6. The molecule has 0 saturated heterocycles. The van der Waals surface area contributed by atoms with Gasteiger partial charge in [0.2, 0.25) is 0 Å². The lowest BCUT2D eigenvalue weighted by molar-refractivity contribution is -0.136. The number of esters is 1. The van der Waals surface area contributed by atoms with Gasteiger partial charge in [-0.15, -0.1) is 0 Å². The third-order valence-electron chi connectivity index (χ3n) is 4.52. The Hall–Kier alpha value is -3.32. The van der Waals surface area contributed by atoms with E-state index in [1.165, 1.54) is 18.4 Å². The number of nitrogens with zero attached hydrogens (tertiary/aromatic N) is 3. The Morgan fingerprint density at radius 2 is 2.00 bits per heavy atom. The number of allylic oxidation sites excluding steroid dienone is 1. The van der Waals surface area contributed by atoms with Gasteiger partial charge >= 0.3 is 5.97 Å². The average Bonchev–Trinajstić information content (AvgIpc) is 3.02. The first-order valence-electron chi connectivity index (χ1n) is 8.66. The van der Waals surface area contributed by atoms with Gasteiger partial charge in [-0.1, -0.05) is 47.7 Å². The Kier molecular flexibility index (Phi) is 4.75.